The van der Waals surface area contributed by atoms with Crippen LogP contribution in [0.25, 0.3) is 11.6 Å². The zero-order valence-corrected chi connectivity index (χ0v) is 21.9. The smallest absolute Gasteiger partial charge is 0.294 e. The Balaban J connectivity index is 1.56. The highest BCUT2D eigenvalue weighted by molar-refractivity contribution is 8.18. The molecular formula is C28H31N3O3S. The third kappa shape index (κ3) is 4.91. The largest absolute Gasteiger partial charge is 0.363 e. The van der Waals surface area contributed by atoms with Crippen molar-refractivity contribution in [3.8, 4) is 0 Å². The van der Waals surface area contributed by atoms with E-state index in [-0.39, 0.29) is 12.1 Å². The van der Waals surface area contributed by atoms with Crippen molar-refractivity contribution in [1.29, 1.82) is 0 Å². The molecule has 3 amide bonds. The van der Waals surface area contributed by atoms with Gasteiger partial charge >= 0.3 is 0 Å². The van der Waals surface area contributed by atoms with Gasteiger partial charge in [0, 0.05) is 23.5 Å². The number of benzene rings is 2. The minimum Gasteiger partial charge on any atom is -0.363 e. The molecule has 7 heteroatoms. The Morgan fingerprint density at radius 1 is 1.09 bits per heavy atom. The van der Waals surface area contributed by atoms with E-state index in [9.17, 15) is 14.4 Å². The lowest BCUT2D eigenvalue weighted by Gasteiger charge is -2.43. The van der Waals surface area contributed by atoms with Crippen molar-refractivity contribution >= 4 is 51.8 Å². The van der Waals surface area contributed by atoms with Crippen molar-refractivity contribution in [2.24, 2.45) is 0 Å². The SMILES string of the molecule is CCN1c2cc(C)c(/C=C3/SC(=O)N(CC(=O)Nc4ccc(C)cc4)C3=O)cc2C(C)=CC1(C)C. The van der Waals surface area contributed by atoms with E-state index in [0.29, 0.717) is 10.6 Å². The van der Waals surface area contributed by atoms with Crippen LogP contribution >= 0.6 is 11.8 Å². The summed E-state index contributed by atoms with van der Waals surface area (Å²) >= 11 is 0.872. The average molecular weight is 490 g/mol. The number of anilines is 2. The van der Waals surface area contributed by atoms with Crippen LogP contribution in [0.15, 0.2) is 47.4 Å². The van der Waals surface area contributed by atoms with Crippen LogP contribution in [0.1, 0.15) is 49.9 Å². The Morgan fingerprint density at radius 3 is 2.43 bits per heavy atom. The number of nitrogens with one attached hydrogen (secondary N) is 1. The highest BCUT2D eigenvalue weighted by Crippen LogP contribution is 2.41. The van der Waals surface area contributed by atoms with Gasteiger partial charge in [-0.1, -0.05) is 23.8 Å². The number of hydrogen-bond acceptors (Lipinski definition) is 5. The molecule has 35 heavy (non-hydrogen) atoms. The molecular weight excluding hydrogens is 458 g/mol. The second kappa shape index (κ2) is 9.38. The summed E-state index contributed by atoms with van der Waals surface area (Å²) in [5, 5.41) is 2.30. The molecule has 2 aromatic carbocycles. The number of allylic oxidation sites excluding steroid dienone is 1. The molecule has 0 bridgehead atoms. The van der Waals surface area contributed by atoms with Gasteiger partial charge in [-0.15, -0.1) is 0 Å². The third-order valence-corrected chi connectivity index (χ3v) is 7.39. The predicted molar refractivity (Wildman–Crippen MR) is 144 cm³/mol. The number of nitrogens with zero attached hydrogens (tertiary/aromatic N) is 2. The van der Waals surface area contributed by atoms with Gasteiger partial charge < -0.3 is 10.2 Å². The molecule has 0 spiro atoms. The van der Waals surface area contributed by atoms with E-state index in [4.69, 9.17) is 0 Å². The molecule has 2 heterocycles. The van der Waals surface area contributed by atoms with E-state index >= 15 is 0 Å². The first kappa shape index (κ1) is 24.8. The molecule has 2 aliphatic heterocycles. The maximum absolute atomic E-state index is 13.0. The first-order valence-electron chi connectivity index (χ1n) is 11.7. The maximum atomic E-state index is 13.0. The molecule has 0 aliphatic carbocycles. The Morgan fingerprint density at radius 2 is 1.77 bits per heavy atom. The van der Waals surface area contributed by atoms with Crippen molar-refractivity contribution in [3.05, 3.63) is 69.6 Å². The lowest BCUT2D eigenvalue weighted by atomic mass is 9.87. The zero-order chi connectivity index (χ0) is 25.5. The number of rotatable bonds is 5. The highest BCUT2D eigenvalue weighted by Gasteiger charge is 2.37. The van der Waals surface area contributed by atoms with Gasteiger partial charge in [0.15, 0.2) is 0 Å². The summed E-state index contributed by atoms with van der Waals surface area (Å²) in [6.07, 6.45) is 4.03. The van der Waals surface area contributed by atoms with Crippen LogP contribution in [0.5, 0.6) is 0 Å². The average Bonchev–Trinajstić information content (AvgIpc) is 3.03. The fraction of sp³-hybridized carbons (Fsp3) is 0.321. The van der Waals surface area contributed by atoms with Gasteiger partial charge in [-0.2, -0.15) is 0 Å². The Bertz CT molecular complexity index is 1280. The van der Waals surface area contributed by atoms with Crippen LogP contribution in [-0.4, -0.2) is 40.6 Å². The second-order valence-electron chi connectivity index (χ2n) is 9.63. The third-order valence-electron chi connectivity index (χ3n) is 6.48. The molecule has 2 aliphatic rings. The van der Waals surface area contributed by atoms with Crippen LogP contribution in [0.4, 0.5) is 16.2 Å². The van der Waals surface area contributed by atoms with Crippen molar-refractivity contribution in [1.82, 2.24) is 4.90 Å². The number of hydrogen-bond donors (Lipinski definition) is 1. The molecule has 2 aromatic rings. The van der Waals surface area contributed by atoms with Crippen LogP contribution in [0, 0.1) is 13.8 Å². The normalized spacial score (nSPS) is 18.1. The van der Waals surface area contributed by atoms with Gasteiger partial charge in [0.25, 0.3) is 11.1 Å². The van der Waals surface area contributed by atoms with Gasteiger partial charge in [-0.05, 0) is 100 Å². The summed E-state index contributed by atoms with van der Waals surface area (Å²) in [5.41, 5.74) is 7.02. The van der Waals surface area contributed by atoms with Crippen LogP contribution in [0.3, 0.4) is 0 Å². The first-order chi connectivity index (χ1) is 16.5. The van der Waals surface area contributed by atoms with Gasteiger partial charge in [0.05, 0.1) is 10.4 Å². The van der Waals surface area contributed by atoms with Crippen molar-refractivity contribution < 1.29 is 14.4 Å². The maximum Gasteiger partial charge on any atom is 0.294 e. The molecule has 0 atom stereocenters. The Kier molecular flexibility index (Phi) is 6.64. The number of carbonyl (C=O) groups is 3. The van der Waals surface area contributed by atoms with E-state index in [0.717, 1.165) is 45.5 Å². The predicted octanol–water partition coefficient (Wildman–Crippen LogP) is 6.00. The summed E-state index contributed by atoms with van der Waals surface area (Å²) in [7, 11) is 0. The Hall–Kier alpha value is -3.32. The molecule has 0 unspecified atom stereocenters. The van der Waals surface area contributed by atoms with Crippen molar-refractivity contribution in [3.63, 3.8) is 0 Å². The summed E-state index contributed by atoms with van der Waals surface area (Å²) in [6.45, 7) is 13.2. The molecule has 0 radical (unpaired) electrons. The molecule has 182 valence electrons. The molecule has 1 N–H and O–H groups in total. The Labute approximate surface area is 211 Å². The number of thioether (sulfide) groups is 1. The number of carbonyl (C=O) groups excluding carboxylic acids is 3. The zero-order valence-electron chi connectivity index (χ0n) is 21.1. The monoisotopic (exact) mass is 489 g/mol. The number of likely N-dealkylation sites (N-methyl/N-ethyl adjacent to an activating group) is 1. The standard InChI is InChI=1S/C28H31N3O3S/c1-7-31-23-12-18(3)20(13-22(23)19(4)15-28(31,5)6)14-24-26(33)30(27(34)35-24)16-25(32)29-21-10-8-17(2)9-11-21/h8-15H,7,16H2,1-6H3,(H,29,32)/b24-14+. The van der Waals surface area contributed by atoms with Crippen LogP contribution < -0.4 is 10.2 Å². The number of fused-ring (bicyclic) bond motifs is 1. The summed E-state index contributed by atoms with van der Waals surface area (Å²) in [5.74, 6) is -0.856. The topological polar surface area (TPSA) is 69.7 Å². The van der Waals surface area contributed by atoms with E-state index < -0.39 is 17.1 Å². The van der Waals surface area contributed by atoms with Crippen molar-refractivity contribution in [2.75, 3.05) is 23.3 Å². The summed E-state index contributed by atoms with van der Waals surface area (Å²) < 4.78 is 0. The molecule has 4 rings (SSSR count). The number of imide groups is 1. The van der Waals surface area contributed by atoms with E-state index in [1.807, 2.05) is 26.0 Å². The number of amides is 3. The molecule has 1 saturated heterocycles. The fourth-order valence-electron chi connectivity index (χ4n) is 4.74. The molecule has 0 saturated carbocycles. The summed E-state index contributed by atoms with van der Waals surface area (Å²) in [6, 6.07) is 11.6. The van der Waals surface area contributed by atoms with Gasteiger partial charge in [-0.3, -0.25) is 19.3 Å². The number of aryl methyl sites for hydroxylation is 2. The van der Waals surface area contributed by atoms with E-state index in [1.54, 1.807) is 18.2 Å². The van der Waals surface area contributed by atoms with Gasteiger partial charge in [0.1, 0.15) is 6.54 Å². The first-order valence-corrected chi connectivity index (χ1v) is 12.6. The van der Waals surface area contributed by atoms with Crippen molar-refractivity contribution in [2.45, 2.75) is 47.1 Å². The summed E-state index contributed by atoms with van der Waals surface area (Å²) in [4.78, 5) is 41.8. The molecule has 6 nitrogen and oxygen atoms in total. The fourth-order valence-corrected chi connectivity index (χ4v) is 5.57. The minimum atomic E-state index is -0.445. The van der Waals surface area contributed by atoms with Gasteiger partial charge in [0.2, 0.25) is 5.91 Å². The molecule has 0 aromatic heterocycles. The highest BCUT2D eigenvalue weighted by atomic mass is 32.2. The second-order valence-corrected chi connectivity index (χ2v) is 10.6. The lowest BCUT2D eigenvalue weighted by molar-refractivity contribution is -0.127. The van der Waals surface area contributed by atoms with E-state index in [1.165, 1.54) is 11.3 Å². The van der Waals surface area contributed by atoms with Crippen LogP contribution in [0.2, 0.25) is 0 Å². The molecule has 1 fully saturated rings. The quantitative estimate of drug-likeness (QED) is 0.522. The van der Waals surface area contributed by atoms with E-state index in [2.05, 4.69) is 56.1 Å². The van der Waals surface area contributed by atoms with Gasteiger partial charge in [-0.25, -0.2) is 0 Å². The van der Waals surface area contributed by atoms with Crippen LogP contribution in [-0.2, 0) is 9.59 Å². The minimum absolute atomic E-state index is 0.0817. The lowest BCUT2D eigenvalue weighted by Crippen LogP contribution is -2.44.